The average Bonchev–Trinajstić information content (AvgIpc) is 2.11. The van der Waals surface area contributed by atoms with Crippen LogP contribution in [0.2, 0.25) is 0 Å². The summed E-state index contributed by atoms with van der Waals surface area (Å²) in [5.74, 6) is -1.84. The average molecular weight is 191 g/mol. The summed E-state index contributed by atoms with van der Waals surface area (Å²) in [6.07, 6.45) is -0.728. The smallest absolute Gasteiger partial charge is 0.328 e. The molecule has 0 aliphatic carbocycles. The molecule has 13 heavy (non-hydrogen) atoms. The lowest BCUT2D eigenvalue weighted by Gasteiger charge is -2.14. The number of aliphatic hydroxyl groups excluding tert-OH is 1. The number of carboxylic acids is 1. The van der Waals surface area contributed by atoms with E-state index in [-0.39, 0.29) is 0 Å². The van der Waals surface area contributed by atoms with Gasteiger partial charge in [-0.2, -0.15) is 0 Å². The van der Waals surface area contributed by atoms with E-state index in [2.05, 4.69) is 10.1 Å². The van der Waals surface area contributed by atoms with E-state index in [1.165, 1.54) is 14.0 Å². The number of hydrogen-bond acceptors (Lipinski definition) is 4. The van der Waals surface area contributed by atoms with Crippen LogP contribution in [0.1, 0.15) is 6.92 Å². The number of carboxylic acid groups (broad SMARTS) is 1. The maximum atomic E-state index is 11.0. The van der Waals surface area contributed by atoms with Crippen LogP contribution < -0.4 is 5.32 Å². The standard InChI is InChI=1S/C7H13NO5/c1-4(13-2)6(10)8-5(3-9)7(11)12/h4-5,9H,3H2,1-2H3,(H,8,10)(H,11,12). The number of nitrogens with one attached hydrogen (secondary N) is 1. The molecule has 0 aromatic carbocycles. The molecule has 0 fully saturated rings. The first kappa shape index (κ1) is 11.9. The predicted octanol–water partition coefficient (Wildman–Crippen LogP) is -1.42. The molecule has 0 heterocycles. The minimum Gasteiger partial charge on any atom is -0.480 e. The summed E-state index contributed by atoms with van der Waals surface area (Å²) in [5, 5.41) is 19.1. The van der Waals surface area contributed by atoms with E-state index in [1.807, 2.05) is 0 Å². The summed E-state index contributed by atoms with van der Waals surface area (Å²) >= 11 is 0. The predicted molar refractivity (Wildman–Crippen MR) is 43.1 cm³/mol. The third kappa shape index (κ3) is 3.86. The largest absolute Gasteiger partial charge is 0.480 e. The third-order valence-electron chi connectivity index (χ3n) is 1.52. The highest BCUT2D eigenvalue weighted by Gasteiger charge is 2.21. The molecular weight excluding hydrogens is 178 g/mol. The van der Waals surface area contributed by atoms with Crippen LogP contribution in [0.3, 0.4) is 0 Å². The Bertz CT molecular complexity index is 193. The molecule has 0 aromatic heterocycles. The highest BCUT2D eigenvalue weighted by atomic mass is 16.5. The van der Waals surface area contributed by atoms with Crippen molar-refractivity contribution in [1.82, 2.24) is 5.32 Å². The lowest BCUT2D eigenvalue weighted by molar-refractivity contribution is -0.144. The lowest BCUT2D eigenvalue weighted by atomic mass is 10.3. The second-order valence-electron chi connectivity index (χ2n) is 2.46. The number of ether oxygens (including phenoxy) is 1. The maximum Gasteiger partial charge on any atom is 0.328 e. The van der Waals surface area contributed by atoms with Gasteiger partial charge in [0.25, 0.3) is 0 Å². The summed E-state index contributed by atoms with van der Waals surface area (Å²) in [5.41, 5.74) is 0. The lowest BCUT2D eigenvalue weighted by Crippen LogP contribution is -2.47. The van der Waals surface area contributed by atoms with Gasteiger partial charge < -0.3 is 20.3 Å². The molecular formula is C7H13NO5. The van der Waals surface area contributed by atoms with Gasteiger partial charge >= 0.3 is 5.97 Å². The molecule has 0 saturated carbocycles. The molecule has 6 heteroatoms. The number of rotatable bonds is 5. The second-order valence-corrected chi connectivity index (χ2v) is 2.46. The fourth-order valence-electron chi connectivity index (χ4n) is 0.582. The van der Waals surface area contributed by atoms with Gasteiger partial charge in [0, 0.05) is 7.11 Å². The maximum absolute atomic E-state index is 11.0. The first-order valence-electron chi connectivity index (χ1n) is 3.69. The van der Waals surface area contributed by atoms with Crippen molar-refractivity contribution in [3.63, 3.8) is 0 Å². The fraction of sp³-hybridized carbons (Fsp3) is 0.714. The van der Waals surface area contributed by atoms with E-state index < -0.39 is 30.6 Å². The molecule has 3 N–H and O–H groups in total. The molecule has 2 atom stereocenters. The highest BCUT2D eigenvalue weighted by molar-refractivity contribution is 5.86. The molecule has 0 rings (SSSR count). The van der Waals surface area contributed by atoms with Crippen molar-refractivity contribution in [3.05, 3.63) is 0 Å². The van der Waals surface area contributed by atoms with Crippen molar-refractivity contribution < 1.29 is 24.5 Å². The van der Waals surface area contributed by atoms with Gasteiger partial charge in [0.2, 0.25) is 5.91 Å². The molecule has 76 valence electrons. The van der Waals surface area contributed by atoms with Crippen LogP contribution in [0.25, 0.3) is 0 Å². The molecule has 0 radical (unpaired) electrons. The van der Waals surface area contributed by atoms with Crippen LogP contribution in [-0.4, -0.2) is 48.0 Å². The second kappa shape index (κ2) is 5.50. The molecule has 0 spiro atoms. The van der Waals surface area contributed by atoms with E-state index in [9.17, 15) is 9.59 Å². The van der Waals surface area contributed by atoms with Crippen LogP contribution in [0.5, 0.6) is 0 Å². The van der Waals surface area contributed by atoms with Crippen molar-refractivity contribution >= 4 is 11.9 Å². The summed E-state index contributed by atoms with van der Waals surface area (Å²) < 4.78 is 4.65. The van der Waals surface area contributed by atoms with E-state index in [0.717, 1.165) is 0 Å². The molecule has 2 unspecified atom stereocenters. The number of carbonyl (C=O) groups is 2. The van der Waals surface area contributed by atoms with Crippen LogP contribution >= 0.6 is 0 Å². The van der Waals surface area contributed by atoms with Crippen molar-refractivity contribution in [1.29, 1.82) is 0 Å². The van der Waals surface area contributed by atoms with Gasteiger partial charge in [-0.15, -0.1) is 0 Å². The SMILES string of the molecule is COC(C)C(=O)NC(CO)C(=O)O. The first-order chi connectivity index (χ1) is 6.02. The Hall–Kier alpha value is -1.14. The van der Waals surface area contributed by atoms with Gasteiger partial charge in [-0.25, -0.2) is 4.79 Å². The van der Waals surface area contributed by atoms with Crippen molar-refractivity contribution in [3.8, 4) is 0 Å². The molecule has 0 aliphatic rings. The highest BCUT2D eigenvalue weighted by Crippen LogP contribution is 1.90. The number of aliphatic carboxylic acids is 1. The number of aliphatic hydroxyl groups is 1. The number of carbonyl (C=O) groups excluding carboxylic acids is 1. The van der Waals surface area contributed by atoms with Gasteiger partial charge in [-0.1, -0.05) is 0 Å². The minimum atomic E-state index is -1.28. The monoisotopic (exact) mass is 191 g/mol. The van der Waals surface area contributed by atoms with Gasteiger partial charge in [0.15, 0.2) is 0 Å². The van der Waals surface area contributed by atoms with Crippen LogP contribution in [-0.2, 0) is 14.3 Å². The summed E-state index contributed by atoms with van der Waals surface area (Å²) in [7, 11) is 1.33. The van der Waals surface area contributed by atoms with E-state index >= 15 is 0 Å². The molecule has 0 saturated heterocycles. The summed E-state index contributed by atoms with van der Waals surface area (Å²) in [4.78, 5) is 21.4. The van der Waals surface area contributed by atoms with Gasteiger partial charge in [0.1, 0.15) is 12.1 Å². The van der Waals surface area contributed by atoms with Crippen LogP contribution in [0.4, 0.5) is 0 Å². The Balaban J connectivity index is 4.09. The van der Waals surface area contributed by atoms with Crippen molar-refractivity contribution in [2.45, 2.75) is 19.1 Å². The minimum absolute atomic E-state index is 0.566. The van der Waals surface area contributed by atoms with Gasteiger partial charge in [-0.3, -0.25) is 4.79 Å². The van der Waals surface area contributed by atoms with E-state index in [4.69, 9.17) is 10.2 Å². The van der Waals surface area contributed by atoms with E-state index in [0.29, 0.717) is 0 Å². The fourth-order valence-corrected chi connectivity index (χ4v) is 0.582. The first-order valence-corrected chi connectivity index (χ1v) is 3.69. The zero-order valence-electron chi connectivity index (χ0n) is 7.48. The molecule has 6 nitrogen and oxygen atoms in total. The topological polar surface area (TPSA) is 95.9 Å². The van der Waals surface area contributed by atoms with Crippen LogP contribution in [0, 0.1) is 0 Å². The zero-order valence-corrected chi connectivity index (χ0v) is 7.48. The van der Waals surface area contributed by atoms with E-state index in [1.54, 1.807) is 0 Å². The zero-order chi connectivity index (χ0) is 10.4. The Kier molecular flexibility index (Phi) is 5.01. The third-order valence-corrected chi connectivity index (χ3v) is 1.52. The van der Waals surface area contributed by atoms with Gasteiger partial charge in [0.05, 0.1) is 6.61 Å². The molecule has 0 aliphatic heterocycles. The van der Waals surface area contributed by atoms with Crippen LogP contribution in [0.15, 0.2) is 0 Å². The number of amides is 1. The Morgan fingerprint density at radius 3 is 2.38 bits per heavy atom. The van der Waals surface area contributed by atoms with Crippen molar-refractivity contribution in [2.75, 3.05) is 13.7 Å². The number of hydrogen-bond donors (Lipinski definition) is 3. The van der Waals surface area contributed by atoms with Gasteiger partial charge in [-0.05, 0) is 6.92 Å². The summed E-state index contributed by atoms with van der Waals surface area (Å²) in [6, 6.07) is -1.27. The number of methoxy groups -OCH3 is 1. The molecule has 1 amide bonds. The normalized spacial score (nSPS) is 14.7. The Labute approximate surface area is 75.5 Å². The quantitative estimate of drug-likeness (QED) is 0.495. The molecule has 0 aromatic rings. The van der Waals surface area contributed by atoms with Crippen molar-refractivity contribution in [2.24, 2.45) is 0 Å². The Morgan fingerprint density at radius 2 is 2.08 bits per heavy atom. The Morgan fingerprint density at radius 1 is 1.54 bits per heavy atom. The molecule has 0 bridgehead atoms. The summed E-state index contributed by atoms with van der Waals surface area (Å²) in [6.45, 7) is 0.836.